The number of pyridine rings is 2. The van der Waals surface area contributed by atoms with Gasteiger partial charge in [-0.15, -0.1) is 0 Å². The molecular formula is C29H33LiN2. The Morgan fingerprint density at radius 2 is 1.25 bits per heavy atom. The molecule has 2 aromatic carbocycles. The van der Waals surface area contributed by atoms with Gasteiger partial charge >= 0.3 is 18.9 Å². The van der Waals surface area contributed by atoms with E-state index in [-0.39, 0.29) is 18.9 Å². The zero-order chi connectivity index (χ0) is 22.2. The van der Waals surface area contributed by atoms with Crippen molar-refractivity contribution in [3.63, 3.8) is 0 Å². The second-order valence-corrected chi connectivity index (χ2v) is 7.22. The monoisotopic (exact) mass is 416 g/mol. The zero-order valence-electron chi connectivity index (χ0n) is 19.7. The van der Waals surface area contributed by atoms with Gasteiger partial charge < -0.3 is 6.92 Å². The maximum absolute atomic E-state index is 4.36. The van der Waals surface area contributed by atoms with E-state index in [0.29, 0.717) is 5.92 Å². The van der Waals surface area contributed by atoms with Crippen LogP contribution in [0.5, 0.6) is 0 Å². The molecule has 0 bridgehead atoms. The molecule has 0 saturated heterocycles. The van der Waals surface area contributed by atoms with Crippen molar-refractivity contribution in [1.82, 2.24) is 9.97 Å². The van der Waals surface area contributed by atoms with Gasteiger partial charge in [0.1, 0.15) is 0 Å². The molecule has 1 unspecified atom stereocenters. The average Bonchev–Trinajstić information content (AvgIpc) is 2.86. The van der Waals surface area contributed by atoms with Crippen LogP contribution in [0.2, 0.25) is 0 Å². The minimum atomic E-state index is 0. The molecule has 0 fully saturated rings. The third-order valence-corrected chi connectivity index (χ3v) is 4.74. The summed E-state index contributed by atoms with van der Waals surface area (Å²) in [5, 5.41) is 0. The van der Waals surface area contributed by atoms with Gasteiger partial charge in [0.15, 0.2) is 0 Å². The summed E-state index contributed by atoms with van der Waals surface area (Å²) in [5.41, 5.74) is 4.86. The molecule has 0 N–H and O–H groups in total. The summed E-state index contributed by atoms with van der Waals surface area (Å²) in [6.45, 7) is 7.90. The quantitative estimate of drug-likeness (QED) is 0.353. The summed E-state index contributed by atoms with van der Waals surface area (Å²) >= 11 is 0. The molecule has 0 aliphatic rings. The Kier molecular flexibility index (Phi) is 14.5. The van der Waals surface area contributed by atoms with Crippen molar-refractivity contribution in [2.45, 2.75) is 39.0 Å². The molecule has 4 aromatic rings. The molecular weight excluding hydrogens is 383 g/mol. The second-order valence-electron chi connectivity index (χ2n) is 7.22. The minimum Gasteiger partial charge on any atom is -0.343 e. The van der Waals surface area contributed by atoms with E-state index in [2.05, 4.69) is 85.3 Å². The molecule has 1 atom stereocenters. The molecule has 0 saturated carbocycles. The van der Waals surface area contributed by atoms with Gasteiger partial charge in [-0.3, -0.25) is 9.97 Å². The normalized spacial score (nSPS) is 10.3. The molecule has 4 rings (SSSR count). The Hall–Kier alpha value is -2.66. The molecule has 0 aliphatic carbocycles. The zero-order valence-corrected chi connectivity index (χ0v) is 19.7. The molecule has 0 radical (unpaired) electrons. The Morgan fingerprint density at radius 1 is 0.719 bits per heavy atom. The van der Waals surface area contributed by atoms with Crippen molar-refractivity contribution in [3.8, 4) is 0 Å². The molecule has 2 aromatic heterocycles. The Balaban J connectivity index is 0.000000268. The molecule has 3 heteroatoms. The van der Waals surface area contributed by atoms with Crippen molar-refractivity contribution < 1.29 is 18.9 Å². The Morgan fingerprint density at radius 3 is 1.75 bits per heavy atom. The Bertz CT molecular complexity index is 851. The van der Waals surface area contributed by atoms with Crippen LogP contribution in [0.3, 0.4) is 0 Å². The van der Waals surface area contributed by atoms with Gasteiger partial charge in [0.25, 0.3) is 0 Å². The fourth-order valence-electron chi connectivity index (χ4n) is 2.85. The molecule has 32 heavy (non-hydrogen) atoms. The number of rotatable bonds is 5. The summed E-state index contributed by atoms with van der Waals surface area (Å²) in [7, 11) is 0. The Labute approximate surface area is 206 Å². The van der Waals surface area contributed by atoms with Crippen LogP contribution >= 0.6 is 0 Å². The van der Waals surface area contributed by atoms with E-state index < -0.39 is 0 Å². The van der Waals surface area contributed by atoms with Crippen molar-refractivity contribution in [3.05, 3.63) is 139 Å². The first-order chi connectivity index (χ1) is 15.2. The second kappa shape index (κ2) is 17.0. The van der Waals surface area contributed by atoms with Crippen LogP contribution in [-0.4, -0.2) is 9.97 Å². The smallest absolute Gasteiger partial charge is 0.343 e. The van der Waals surface area contributed by atoms with Crippen molar-refractivity contribution in [2.24, 2.45) is 0 Å². The number of nitrogens with zero attached hydrogens (tertiary/aromatic N) is 2. The van der Waals surface area contributed by atoms with Crippen molar-refractivity contribution in [1.29, 1.82) is 0 Å². The van der Waals surface area contributed by atoms with Gasteiger partial charge in [0.05, 0.1) is 0 Å². The number of hydrogen-bond acceptors (Lipinski definition) is 2. The van der Waals surface area contributed by atoms with Crippen LogP contribution in [0.1, 0.15) is 55.1 Å². The summed E-state index contributed by atoms with van der Waals surface area (Å²) in [6.07, 6.45) is 6.87. The standard InChI is InChI=1S/C13H13N.C12H11N.C4H9.Li/c1-11(12-7-3-2-4-8-12)13-9-5-6-10-14-13;1-2-6-11(7-3-1)10-12-8-4-5-9-13-12;1-3-4-2;/h2-11H,1H3;1-9H,10H2;1,3-4H2,2H3;/q;;-1;+1. The van der Waals surface area contributed by atoms with Gasteiger partial charge in [-0.25, -0.2) is 0 Å². The predicted octanol–water partition coefficient (Wildman–Crippen LogP) is 4.53. The van der Waals surface area contributed by atoms with Gasteiger partial charge in [-0.1, -0.05) is 93.1 Å². The summed E-state index contributed by atoms with van der Waals surface area (Å²) in [6, 6.07) is 32.9. The van der Waals surface area contributed by atoms with Gasteiger partial charge in [-0.05, 0) is 35.4 Å². The van der Waals surface area contributed by atoms with Crippen LogP contribution in [0, 0.1) is 6.92 Å². The third kappa shape index (κ3) is 10.6. The maximum atomic E-state index is 4.36. The van der Waals surface area contributed by atoms with Crippen LogP contribution in [0.4, 0.5) is 0 Å². The number of aromatic nitrogens is 2. The van der Waals surface area contributed by atoms with Gasteiger partial charge in [0.2, 0.25) is 0 Å². The first kappa shape index (κ1) is 27.4. The summed E-state index contributed by atoms with van der Waals surface area (Å²) in [4.78, 5) is 8.63. The predicted molar refractivity (Wildman–Crippen MR) is 132 cm³/mol. The molecule has 2 heterocycles. The molecule has 0 spiro atoms. The van der Waals surface area contributed by atoms with E-state index in [0.717, 1.165) is 24.2 Å². The fourth-order valence-corrected chi connectivity index (χ4v) is 2.85. The van der Waals surface area contributed by atoms with Crippen LogP contribution in [0.15, 0.2) is 109 Å². The van der Waals surface area contributed by atoms with E-state index >= 15 is 0 Å². The van der Waals surface area contributed by atoms with E-state index in [1.807, 2.05) is 54.9 Å². The fraction of sp³-hybridized carbons (Fsp3) is 0.207. The number of benzene rings is 2. The largest absolute Gasteiger partial charge is 1.00 e. The van der Waals surface area contributed by atoms with E-state index in [9.17, 15) is 0 Å². The molecule has 0 amide bonds. The van der Waals surface area contributed by atoms with Crippen LogP contribution < -0.4 is 18.9 Å². The van der Waals surface area contributed by atoms with Crippen molar-refractivity contribution in [2.75, 3.05) is 0 Å². The van der Waals surface area contributed by atoms with Crippen LogP contribution in [-0.2, 0) is 6.42 Å². The number of unbranched alkanes of at least 4 members (excludes halogenated alkanes) is 1. The molecule has 0 aliphatic heterocycles. The molecule has 2 nitrogen and oxygen atoms in total. The third-order valence-electron chi connectivity index (χ3n) is 4.74. The SMILES string of the molecule is CC(c1ccccc1)c1ccccn1.[CH2-]CCC.[Li+].c1ccc(Cc2ccccn2)cc1. The van der Waals surface area contributed by atoms with Gasteiger partial charge in [0, 0.05) is 36.1 Å². The minimum absolute atomic E-state index is 0. The molecule has 160 valence electrons. The average molecular weight is 417 g/mol. The van der Waals surface area contributed by atoms with E-state index in [4.69, 9.17) is 0 Å². The topological polar surface area (TPSA) is 25.8 Å². The van der Waals surface area contributed by atoms with Gasteiger partial charge in [-0.2, -0.15) is 6.42 Å². The van der Waals surface area contributed by atoms with Crippen LogP contribution in [0.25, 0.3) is 0 Å². The number of hydrogen-bond donors (Lipinski definition) is 0. The summed E-state index contributed by atoms with van der Waals surface area (Å²) in [5.74, 6) is 0.373. The first-order valence-corrected chi connectivity index (χ1v) is 10.9. The summed E-state index contributed by atoms with van der Waals surface area (Å²) < 4.78 is 0. The maximum Gasteiger partial charge on any atom is 1.00 e. The van der Waals surface area contributed by atoms with E-state index in [1.165, 1.54) is 17.5 Å². The first-order valence-electron chi connectivity index (χ1n) is 10.9. The van der Waals surface area contributed by atoms with E-state index in [1.54, 1.807) is 0 Å². The van der Waals surface area contributed by atoms with Crippen molar-refractivity contribution >= 4 is 0 Å².